The van der Waals surface area contributed by atoms with Gasteiger partial charge in [0.15, 0.2) is 0 Å². The molecule has 1 N–H and O–H groups in total. The van der Waals surface area contributed by atoms with Crippen LogP contribution in [-0.2, 0) is 0 Å². The van der Waals surface area contributed by atoms with Gasteiger partial charge in [-0.3, -0.25) is 0 Å². The molecule has 0 bridgehead atoms. The second kappa shape index (κ2) is 5.14. The fourth-order valence-corrected chi connectivity index (χ4v) is 1.83. The Kier molecular flexibility index (Phi) is 3.59. The lowest BCUT2D eigenvalue weighted by molar-refractivity contribution is 0.686. The molecule has 0 radical (unpaired) electrons. The van der Waals surface area contributed by atoms with Gasteiger partial charge in [0.2, 0.25) is 5.95 Å². The molecule has 16 heavy (non-hydrogen) atoms. The second-order valence-corrected chi connectivity index (χ2v) is 4.71. The molecule has 1 aromatic heterocycles. The van der Waals surface area contributed by atoms with Gasteiger partial charge in [-0.05, 0) is 24.8 Å². The molecule has 2 rings (SSSR count). The minimum absolute atomic E-state index is 0.630. The van der Waals surface area contributed by atoms with E-state index >= 15 is 0 Å². The lowest BCUT2D eigenvalue weighted by Gasteiger charge is -2.16. The van der Waals surface area contributed by atoms with Crippen LogP contribution in [-0.4, -0.2) is 29.6 Å². The summed E-state index contributed by atoms with van der Waals surface area (Å²) >= 11 is 0. The molecule has 0 amide bonds. The predicted molar refractivity (Wildman–Crippen MR) is 66.8 cm³/mol. The molecule has 4 heteroatoms. The zero-order valence-electron chi connectivity index (χ0n) is 10.1. The first kappa shape index (κ1) is 11.2. The summed E-state index contributed by atoms with van der Waals surface area (Å²) in [6.45, 7) is 7.52. The van der Waals surface area contributed by atoms with E-state index in [2.05, 4.69) is 34.0 Å². The maximum Gasteiger partial charge on any atom is 0.227 e. The lowest BCUT2D eigenvalue weighted by atomic mass is 10.2. The average molecular weight is 220 g/mol. The fourth-order valence-electron chi connectivity index (χ4n) is 1.83. The van der Waals surface area contributed by atoms with Crippen LogP contribution < -0.4 is 10.2 Å². The van der Waals surface area contributed by atoms with E-state index in [0.717, 1.165) is 31.4 Å². The van der Waals surface area contributed by atoms with Crippen molar-refractivity contribution in [3.05, 3.63) is 12.3 Å². The maximum atomic E-state index is 4.53. The lowest BCUT2D eigenvalue weighted by Crippen LogP contribution is -2.21. The van der Waals surface area contributed by atoms with Crippen LogP contribution in [0.15, 0.2) is 12.3 Å². The maximum absolute atomic E-state index is 4.53. The minimum Gasteiger partial charge on any atom is -0.370 e. The van der Waals surface area contributed by atoms with Crippen molar-refractivity contribution >= 4 is 11.8 Å². The van der Waals surface area contributed by atoms with Crippen molar-refractivity contribution in [3.8, 4) is 0 Å². The van der Waals surface area contributed by atoms with Gasteiger partial charge in [0.1, 0.15) is 5.82 Å². The highest BCUT2D eigenvalue weighted by atomic mass is 15.3. The van der Waals surface area contributed by atoms with E-state index in [0.29, 0.717) is 5.92 Å². The van der Waals surface area contributed by atoms with Crippen LogP contribution >= 0.6 is 0 Å². The van der Waals surface area contributed by atoms with Gasteiger partial charge in [-0.2, -0.15) is 4.98 Å². The minimum atomic E-state index is 0.630. The Hall–Kier alpha value is -1.32. The molecule has 0 atom stereocenters. The summed E-state index contributed by atoms with van der Waals surface area (Å²) in [5.41, 5.74) is 0. The third-order valence-corrected chi connectivity index (χ3v) is 2.72. The Morgan fingerprint density at radius 3 is 2.81 bits per heavy atom. The van der Waals surface area contributed by atoms with Crippen LogP contribution in [0.2, 0.25) is 0 Å². The Labute approximate surface area is 97.1 Å². The zero-order chi connectivity index (χ0) is 11.4. The molecule has 0 aliphatic carbocycles. The van der Waals surface area contributed by atoms with Crippen molar-refractivity contribution in [3.63, 3.8) is 0 Å². The van der Waals surface area contributed by atoms with E-state index in [1.807, 2.05) is 12.3 Å². The number of nitrogens with one attached hydrogen (secondary N) is 1. The van der Waals surface area contributed by atoms with Crippen molar-refractivity contribution in [2.45, 2.75) is 26.7 Å². The van der Waals surface area contributed by atoms with Gasteiger partial charge in [-0.25, -0.2) is 4.98 Å². The van der Waals surface area contributed by atoms with Gasteiger partial charge in [0.05, 0.1) is 0 Å². The number of hydrogen-bond acceptors (Lipinski definition) is 4. The SMILES string of the molecule is CC(C)CNc1ccnc(N2CCCC2)n1. The van der Waals surface area contributed by atoms with Crippen molar-refractivity contribution in [2.24, 2.45) is 5.92 Å². The third kappa shape index (κ3) is 2.84. The topological polar surface area (TPSA) is 41.1 Å². The molecule has 0 unspecified atom stereocenters. The van der Waals surface area contributed by atoms with Crippen LogP contribution in [0.3, 0.4) is 0 Å². The van der Waals surface area contributed by atoms with Crippen LogP contribution in [0.25, 0.3) is 0 Å². The highest BCUT2D eigenvalue weighted by molar-refractivity contribution is 5.41. The molecule has 1 aliphatic rings. The predicted octanol–water partition coefficient (Wildman–Crippen LogP) is 2.14. The molecule has 0 saturated carbocycles. The van der Waals surface area contributed by atoms with Gasteiger partial charge in [-0.15, -0.1) is 0 Å². The van der Waals surface area contributed by atoms with Crippen molar-refractivity contribution in [1.82, 2.24) is 9.97 Å². The smallest absolute Gasteiger partial charge is 0.227 e. The molecule has 1 saturated heterocycles. The van der Waals surface area contributed by atoms with E-state index < -0.39 is 0 Å². The molecule has 2 heterocycles. The van der Waals surface area contributed by atoms with E-state index in [-0.39, 0.29) is 0 Å². The van der Waals surface area contributed by atoms with Crippen molar-refractivity contribution < 1.29 is 0 Å². The van der Waals surface area contributed by atoms with Crippen LogP contribution in [0.1, 0.15) is 26.7 Å². The standard InChI is InChI=1S/C12H20N4/c1-10(2)9-14-11-5-6-13-12(15-11)16-7-3-4-8-16/h5-6,10H,3-4,7-9H2,1-2H3,(H,13,14,15). The Morgan fingerprint density at radius 1 is 1.38 bits per heavy atom. The highest BCUT2D eigenvalue weighted by Crippen LogP contribution is 2.16. The summed E-state index contributed by atoms with van der Waals surface area (Å²) in [4.78, 5) is 11.1. The summed E-state index contributed by atoms with van der Waals surface area (Å²) in [7, 11) is 0. The van der Waals surface area contributed by atoms with E-state index in [4.69, 9.17) is 0 Å². The number of aromatic nitrogens is 2. The Balaban J connectivity index is 2.01. The van der Waals surface area contributed by atoms with Gasteiger partial charge < -0.3 is 10.2 Å². The molecule has 1 aromatic rings. The molecule has 0 spiro atoms. The third-order valence-electron chi connectivity index (χ3n) is 2.72. The van der Waals surface area contributed by atoms with Gasteiger partial charge in [0, 0.05) is 25.8 Å². The summed E-state index contributed by atoms with van der Waals surface area (Å²) < 4.78 is 0. The monoisotopic (exact) mass is 220 g/mol. The van der Waals surface area contributed by atoms with Crippen LogP contribution in [0, 0.1) is 5.92 Å². The van der Waals surface area contributed by atoms with E-state index in [1.165, 1.54) is 12.8 Å². The first-order valence-electron chi connectivity index (χ1n) is 6.07. The second-order valence-electron chi connectivity index (χ2n) is 4.71. The summed E-state index contributed by atoms with van der Waals surface area (Å²) in [5, 5.41) is 3.33. The summed E-state index contributed by atoms with van der Waals surface area (Å²) in [6.07, 6.45) is 4.35. The molecule has 88 valence electrons. The zero-order valence-corrected chi connectivity index (χ0v) is 10.1. The van der Waals surface area contributed by atoms with E-state index in [9.17, 15) is 0 Å². The summed E-state index contributed by atoms with van der Waals surface area (Å²) in [5.74, 6) is 2.43. The molecule has 4 nitrogen and oxygen atoms in total. The number of rotatable bonds is 4. The highest BCUT2D eigenvalue weighted by Gasteiger charge is 2.14. The first-order valence-corrected chi connectivity index (χ1v) is 6.07. The first-order chi connectivity index (χ1) is 7.75. The van der Waals surface area contributed by atoms with Gasteiger partial charge >= 0.3 is 0 Å². The molecule has 1 fully saturated rings. The molecular weight excluding hydrogens is 200 g/mol. The fraction of sp³-hybridized carbons (Fsp3) is 0.667. The Bertz CT molecular complexity index is 332. The number of nitrogens with zero attached hydrogens (tertiary/aromatic N) is 3. The number of hydrogen-bond donors (Lipinski definition) is 1. The van der Waals surface area contributed by atoms with Gasteiger partial charge in [0.25, 0.3) is 0 Å². The van der Waals surface area contributed by atoms with Crippen LogP contribution in [0.4, 0.5) is 11.8 Å². The molecule has 1 aliphatic heterocycles. The quantitative estimate of drug-likeness (QED) is 0.844. The molecule has 0 aromatic carbocycles. The normalized spacial score (nSPS) is 15.8. The average Bonchev–Trinajstić information content (AvgIpc) is 2.80. The van der Waals surface area contributed by atoms with Gasteiger partial charge in [-0.1, -0.05) is 13.8 Å². The van der Waals surface area contributed by atoms with Crippen molar-refractivity contribution in [1.29, 1.82) is 0 Å². The van der Waals surface area contributed by atoms with Crippen LogP contribution in [0.5, 0.6) is 0 Å². The van der Waals surface area contributed by atoms with Crippen molar-refractivity contribution in [2.75, 3.05) is 29.9 Å². The molecular formula is C12H20N4. The summed E-state index contributed by atoms with van der Waals surface area (Å²) in [6, 6.07) is 1.93. The van der Waals surface area contributed by atoms with E-state index in [1.54, 1.807) is 0 Å². The largest absolute Gasteiger partial charge is 0.370 e. The number of anilines is 2. The Morgan fingerprint density at radius 2 is 2.12 bits per heavy atom.